The van der Waals surface area contributed by atoms with E-state index in [1.165, 1.54) is 97.1 Å². The van der Waals surface area contributed by atoms with Crippen molar-refractivity contribution in [1.82, 2.24) is 19.9 Å². The number of nitrogens with two attached hydrogens (primary N) is 1. The lowest BCUT2D eigenvalue weighted by atomic mass is 10.00. The predicted molar refractivity (Wildman–Crippen MR) is 181 cm³/mol. The number of fused-ring (bicyclic) bond motifs is 2. The Hall–Kier alpha value is -7.49. The van der Waals surface area contributed by atoms with Crippen LogP contribution in [0.4, 0.5) is 17.6 Å². The van der Waals surface area contributed by atoms with Crippen LogP contribution in [0.25, 0.3) is 78.4 Å². The van der Waals surface area contributed by atoms with Crippen LogP contribution in [0.3, 0.4) is 0 Å². The maximum absolute atomic E-state index is 14.1. The predicted octanol–water partition coefficient (Wildman–Crippen LogP) is 6.59. The van der Waals surface area contributed by atoms with E-state index < -0.39 is 28.8 Å². The van der Waals surface area contributed by atoms with Crippen LogP contribution in [0.15, 0.2) is 97.1 Å². The third-order valence-electron chi connectivity index (χ3n) is 8.07. The van der Waals surface area contributed by atoms with Crippen LogP contribution in [0.1, 0.15) is 0 Å². The molecular weight excluding hydrogens is 656 g/mol. The summed E-state index contributed by atoms with van der Waals surface area (Å²) >= 11 is 0. The van der Waals surface area contributed by atoms with Crippen molar-refractivity contribution in [2.45, 2.75) is 0 Å². The minimum atomic E-state index is -0.522. The molecule has 2 N–H and O–H groups in total. The van der Waals surface area contributed by atoms with Gasteiger partial charge in [-0.15, -0.1) is 0 Å². The van der Waals surface area contributed by atoms with E-state index in [0.717, 1.165) is 0 Å². The zero-order chi connectivity index (χ0) is 35.8. The summed E-state index contributed by atoms with van der Waals surface area (Å²) in [6.45, 7) is 0. The van der Waals surface area contributed by atoms with E-state index >= 15 is 0 Å². The van der Waals surface area contributed by atoms with Gasteiger partial charge in [-0.3, -0.25) is 0 Å². The van der Waals surface area contributed by atoms with Crippen molar-refractivity contribution in [3.05, 3.63) is 131 Å². The van der Waals surface area contributed by atoms with Gasteiger partial charge in [0.2, 0.25) is 0 Å². The third kappa shape index (κ3) is 5.71. The van der Waals surface area contributed by atoms with E-state index in [0.29, 0.717) is 22.3 Å². The Morgan fingerprint density at radius 2 is 0.667 bits per heavy atom. The summed E-state index contributed by atoms with van der Waals surface area (Å²) in [4.78, 5) is 19.5. The van der Waals surface area contributed by atoms with Gasteiger partial charge in [-0.2, -0.15) is 15.8 Å². The molecule has 7 aromatic rings. The lowest BCUT2D eigenvalue weighted by Crippen LogP contribution is -2.25. The second-order valence-electron chi connectivity index (χ2n) is 11.1. The van der Waals surface area contributed by atoms with Gasteiger partial charge >= 0.3 is 0 Å². The summed E-state index contributed by atoms with van der Waals surface area (Å²) in [6, 6.07) is 27.1. The second-order valence-corrected chi connectivity index (χ2v) is 11.1. The first-order chi connectivity index (χ1) is 24.7. The highest BCUT2D eigenvalue weighted by atomic mass is 19.1. The van der Waals surface area contributed by atoms with Crippen LogP contribution in [0, 0.1) is 57.3 Å². The summed E-state index contributed by atoms with van der Waals surface area (Å²) in [6.07, 6.45) is 0. The first-order valence-corrected chi connectivity index (χ1v) is 15.0. The first kappa shape index (κ1) is 32.1. The van der Waals surface area contributed by atoms with Crippen molar-refractivity contribution in [2.24, 2.45) is 5.73 Å². The molecule has 0 fully saturated rings. The molecule has 0 unspecified atom stereocenters. The van der Waals surface area contributed by atoms with Crippen LogP contribution in [0.2, 0.25) is 0 Å². The van der Waals surface area contributed by atoms with Gasteiger partial charge in [0.05, 0.1) is 33.2 Å². The molecule has 0 aliphatic rings. The molecule has 0 amide bonds. The van der Waals surface area contributed by atoms with Crippen molar-refractivity contribution in [3.63, 3.8) is 0 Å². The number of nitrogens with zero attached hydrogens (tertiary/aromatic N) is 7. The van der Waals surface area contributed by atoms with Gasteiger partial charge in [0, 0.05) is 22.3 Å². The molecule has 5 aromatic carbocycles. The molecule has 0 atom stereocenters. The van der Waals surface area contributed by atoms with Gasteiger partial charge in [-0.1, -0.05) is 0 Å². The molecule has 8 nitrogen and oxygen atoms in total. The Morgan fingerprint density at radius 3 is 0.902 bits per heavy atom. The normalized spacial score (nSPS) is 10.8. The molecular formula is C39H18F4N8. The van der Waals surface area contributed by atoms with E-state index in [-0.39, 0.29) is 61.0 Å². The second kappa shape index (κ2) is 12.8. The monoisotopic (exact) mass is 674 g/mol. The van der Waals surface area contributed by atoms with Crippen molar-refractivity contribution >= 4 is 33.3 Å². The topological polar surface area (TPSA) is 149 Å². The Morgan fingerprint density at radius 1 is 0.412 bits per heavy atom. The lowest BCUT2D eigenvalue weighted by molar-refractivity contribution is 0.627. The maximum Gasteiger partial charge on any atom is 0.141 e. The largest absolute Gasteiger partial charge is 0.390 e. The van der Waals surface area contributed by atoms with Crippen molar-refractivity contribution < 1.29 is 17.6 Å². The van der Waals surface area contributed by atoms with E-state index in [2.05, 4.69) is 0 Å². The highest BCUT2D eigenvalue weighted by Gasteiger charge is 2.23. The van der Waals surface area contributed by atoms with Crippen LogP contribution < -0.4 is 16.2 Å². The molecule has 0 radical (unpaired) electrons. The molecule has 0 bridgehead atoms. The molecule has 0 saturated carbocycles. The quantitative estimate of drug-likeness (QED) is 0.162. The zero-order valence-corrected chi connectivity index (χ0v) is 26.0. The number of benzene rings is 5. The van der Waals surface area contributed by atoms with Gasteiger partial charge in [0.15, 0.2) is 0 Å². The molecule has 12 heteroatoms. The fraction of sp³-hybridized carbons (Fsp3) is 0. The van der Waals surface area contributed by atoms with Gasteiger partial charge in [0.1, 0.15) is 74.8 Å². The molecule has 0 saturated heterocycles. The summed E-state index contributed by atoms with van der Waals surface area (Å²) in [7, 11) is 0. The van der Waals surface area contributed by atoms with E-state index in [4.69, 9.17) is 25.7 Å². The first-order valence-electron chi connectivity index (χ1n) is 15.0. The highest BCUT2D eigenvalue weighted by molar-refractivity contribution is 6.02. The molecule has 51 heavy (non-hydrogen) atoms. The van der Waals surface area contributed by atoms with E-state index in [9.17, 15) is 33.3 Å². The Labute approximate surface area is 286 Å². The van der Waals surface area contributed by atoms with Crippen molar-refractivity contribution in [2.75, 3.05) is 0 Å². The summed E-state index contributed by atoms with van der Waals surface area (Å²) in [5, 5.41) is 30.5. The molecule has 7 rings (SSSR count). The van der Waals surface area contributed by atoms with Crippen LogP contribution in [-0.2, 0) is 0 Å². The Balaban J connectivity index is 1.77. The average molecular weight is 675 g/mol. The molecule has 0 aliphatic carbocycles. The van der Waals surface area contributed by atoms with Gasteiger partial charge in [-0.25, -0.2) is 37.5 Å². The fourth-order valence-electron chi connectivity index (χ4n) is 5.71. The molecule has 0 spiro atoms. The number of aromatic nitrogens is 4. The molecule has 2 heterocycles. The Kier molecular flexibility index (Phi) is 8.08. The minimum absolute atomic E-state index is 0.0375. The van der Waals surface area contributed by atoms with E-state index in [1.807, 2.05) is 18.2 Å². The third-order valence-corrected chi connectivity index (χ3v) is 8.07. The average Bonchev–Trinajstić information content (AvgIpc) is 3.15. The number of nitriles is 3. The van der Waals surface area contributed by atoms with E-state index in [1.54, 1.807) is 0 Å². The number of hydrogen-bond acceptors (Lipinski definition) is 8. The summed E-state index contributed by atoms with van der Waals surface area (Å²) < 4.78 is 56.2. The number of halogens is 4. The zero-order valence-electron chi connectivity index (χ0n) is 26.0. The van der Waals surface area contributed by atoms with Crippen molar-refractivity contribution in [3.8, 4) is 63.2 Å². The minimum Gasteiger partial charge on any atom is -0.390 e. The van der Waals surface area contributed by atoms with Crippen LogP contribution in [-0.4, -0.2) is 19.9 Å². The fourth-order valence-corrected chi connectivity index (χ4v) is 5.71. The maximum atomic E-state index is 14.1. The SMILES string of the molecule is N#CC(N)=c1c2nc(-c3ccc(F)cc3)c(-c3ccc(F)cc3)nc2c(=C(C#N)C#N)c2nc(-c3ccc(F)cc3)c(-c3ccc(F)cc3)nc12. The highest BCUT2D eigenvalue weighted by Crippen LogP contribution is 2.33. The van der Waals surface area contributed by atoms with Crippen LogP contribution >= 0.6 is 0 Å². The molecule has 242 valence electrons. The number of rotatable bonds is 4. The van der Waals surface area contributed by atoms with Crippen LogP contribution in [0.5, 0.6) is 0 Å². The number of hydrogen-bond donors (Lipinski definition) is 1. The molecule has 0 aliphatic heterocycles. The lowest BCUT2D eigenvalue weighted by Gasteiger charge is -2.15. The van der Waals surface area contributed by atoms with Gasteiger partial charge in [0.25, 0.3) is 0 Å². The molecule has 2 aromatic heterocycles. The summed E-state index contributed by atoms with van der Waals surface area (Å²) in [5.41, 5.74) is 7.60. The standard InChI is InChI=1S/C39H18F4N8/c40-25-9-1-20(2-10-25)32-34(22-5-13-27(42)14-6-22)50-38-31(29(47)19-46)39-37(30(36(38)48-32)24(17-44)18-45)49-33(21-3-11-26(41)12-4-21)35(51-39)23-7-15-28(43)16-8-23/h1-16H,47H2. The summed E-state index contributed by atoms with van der Waals surface area (Å²) in [5.74, 6) is -2.08. The van der Waals surface area contributed by atoms with Gasteiger partial charge < -0.3 is 5.73 Å². The Bertz CT molecular complexity index is 2620. The van der Waals surface area contributed by atoms with Gasteiger partial charge in [-0.05, 0) is 97.1 Å². The smallest absolute Gasteiger partial charge is 0.141 e. The van der Waals surface area contributed by atoms with Crippen molar-refractivity contribution in [1.29, 1.82) is 15.8 Å².